The SMILES string of the molecule is CCCCC/C(C)=C1\CCCCCC1=O. The molecule has 0 amide bonds. The fourth-order valence-electron chi connectivity index (χ4n) is 2.30. The number of hydrogen-bond donors (Lipinski definition) is 0. The number of carbonyl (C=O) groups excluding carboxylic acids is 1. The van der Waals surface area contributed by atoms with E-state index in [2.05, 4.69) is 13.8 Å². The smallest absolute Gasteiger partial charge is 0.158 e. The highest BCUT2D eigenvalue weighted by atomic mass is 16.1. The lowest BCUT2D eigenvalue weighted by Crippen LogP contribution is -2.02. The highest BCUT2D eigenvalue weighted by Gasteiger charge is 2.15. The summed E-state index contributed by atoms with van der Waals surface area (Å²) in [4.78, 5) is 11.8. The third-order valence-corrected chi connectivity index (χ3v) is 3.34. The molecule has 0 bridgehead atoms. The van der Waals surface area contributed by atoms with Gasteiger partial charge >= 0.3 is 0 Å². The summed E-state index contributed by atoms with van der Waals surface area (Å²) in [5.41, 5.74) is 2.54. The zero-order chi connectivity index (χ0) is 11.1. The standard InChI is InChI=1S/C14H24O/c1-3-4-6-9-12(2)13-10-7-5-8-11-14(13)15/h3-11H2,1-2H3/b13-12+. The summed E-state index contributed by atoms with van der Waals surface area (Å²) in [7, 11) is 0. The Morgan fingerprint density at radius 3 is 2.60 bits per heavy atom. The van der Waals surface area contributed by atoms with Gasteiger partial charge in [-0.2, -0.15) is 0 Å². The second-order valence-corrected chi connectivity index (χ2v) is 4.70. The lowest BCUT2D eigenvalue weighted by atomic mass is 9.97. The molecular formula is C14H24O. The Labute approximate surface area is 93.9 Å². The van der Waals surface area contributed by atoms with Crippen LogP contribution < -0.4 is 0 Å². The van der Waals surface area contributed by atoms with Gasteiger partial charge in [-0.3, -0.25) is 4.79 Å². The van der Waals surface area contributed by atoms with Crippen LogP contribution in [-0.4, -0.2) is 5.78 Å². The molecule has 86 valence electrons. The summed E-state index contributed by atoms with van der Waals surface area (Å²) in [5.74, 6) is 0.432. The lowest BCUT2D eigenvalue weighted by Gasteiger charge is -2.08. The zero-order valence-corrected chi connectivity index (χ0v) is 10.3. The summed E-state index contributed by atoms with van der Waals surface area (Å²) in [5, 5.41) is 0. The van der Waals surface area contributed by atoms with Crippen molar-refractivity contribution >= 4 is 5.78 Å². The normalized spacial score (nSPS) is 21.3. The molecule has 1 aliphatic carbocycles. The second-order valence-electron chi connectivity index (χ2n) is 4.70. The van der Waals surface area contributed by atoms with E-state index in [0.29, 0.717) is 5.78 Å². The van der Waals surface area contributed by atoms with E-state index in [1.165, 1.54) is 43.3 Å². The van der Waals surface area contributed by atoms with Crippen molar-refractivity contribution in [2.24, 2.45) is 0 Å². The van der Waals surface area contributed by atoms with Crippen LogP contribution in [0, 0.1) is 0 Å². The van der Waals surface area contributed by atoms with Crippen molar-refractivity contribution in [3.8, 4) is 0 Å². The molecule has 15 heavy (non-hydrogen) atoms. The maximum absolute atomic E-state index is 11.8. The van der Waals surface area contributed by atoms with E-state index in [1.807, 2.05) is 0 Å². The van der Waals surface area contributed by atoms with E-state index in [4.69, 9.17) is 0 Å². The zero-order valence-electron chi connectivity index (χ0n) is 10.3. The second kappa shape index (κ2) is 6.81. The van der Waals surface area contributed by atoms with Crippen molar-refractivity contribution in [2.75, 3.05) is 0 Å². The topological polar surface area (TPSA) is 17.1 Å². The fourth-order valence-corrected chi connectivity index (χ4v) is 2.30. The molecule has 1 heteroatoms. The Balaban J connectivity index is 2.54. The maximum Gasteiger partial charge on any atom is 0.158 e. The minimum absolute atomic E-state index is 0.432. The molecule has 0 aromatic carbocycles. The predicted octanol–water partition coefficient (Wildman–Crippen LogP) is 4.42. The first-order chi connectivity index (χ1) is 7.25. The number of ketones is 1. The number of allylic oxidation sites excluding steroid dienone is 2. The van der Waals surface area contributed by atoms with Crippen molar-refractivity contribution < 1.29 is 4.79 Å². The summed E-state index contributed by atoms with van der Waals surface area (Å²) in [6, 6.07) is 0. The van der Waals surface area contributed by atoms with Crippen LogP contribution in [0.4, 0.5) is 0 Å². The number of Topliss-reactive ketones (excluding diaryl/α,β-unsaturated/α-hetero) is 1. The van der Waals surface area contributed by atoms with Crippen molar-refractivity contribution in [1.82, 2.24) is 0 Å². The monoisotopic (exact) mass is 208 g/mol. The van der Waals surface area contributed by atoms with Crippen molar-refractivity contribution in [1.29, 1.82) is 0 Å². The molecule has 1 aliphatic rings. The number of unbranched alkanes of at least 4 members (excludes halogenated alkanes) is 2. The molecule has 0 aliphatic heterocycles. The van der Waals surface area contributed by atoms with Crippen LogP contribution in [0.25, 0.3) is 0 Å². The van der Waals surface area contributed by atoms with Crippen LogP contribution in [0.2, 0.25) is 0 Å². The van der Waals surface area contributed by atoms with Gasteiger partial charge in [-0.05, 0) is 44.6 Å². The van der Waals surface area contributed by atoms with Crippen molar-refractivity contribution in [3.05, 3.63) is 11.1 Å². The highest BCUT2D eigenvalue weighted by Crippen LogP contribution is 2.24. The van der Waals surface area contributed by atoms with E-state index >= 15 is 0 Å². The van der Waals surface area contributed by atoms with Gasteiger partial charge in [0.05, 0.1) is 0 Å². The first-order valence-electron chi connectivity index (χ1n) is 6.47. The van der Waals surface area contributed by atoms with E-state index < -0.39 is 0 Å². The van der Waals surface area contributed by atoms with Crippen LogP contribution in [0.1, 0.15) is 71.6 Å². The number of rotatable bonds is 4. The van der Waals surface area contributed by atoms with Crippen LogP contribution in [0.5, 0.6) is 0 Å². The molecule has 0 radical (unpaired) electrons. The summed E-state index contributed by atoms with van der Waals surface area (Å²) in [6.45, 7) is 4.38. The van der Waals surface area contributed by atoms with Gasteiger partial charge in [0.1, 0.15) is 0 Å². The van der Waals surface area contributed by atoms with E-state index in [0.717, 1.165) is 25.7 Å². The number of carbonyl (C=O) groups is 1. The Bertz CT molecular complexity index is 238. The molecule has 0 heterocycles. The predicted molar refractivity (Wildman–Crippen MR) is 64.9 cm³/mol. The largest absolute Gasteiger partial charge is 0.295 e. The minimum Gasteiger partial charge on any atom is -0.295 e. The third-order valence-electron chi connectivity index (χ3n) is 3.34. The molecule has 0 unspecified atom stereocenters. The first-order valence-corrected chi connectivity index (χ1v) is 6.47. The van der Waals surface area contributed by atoms with Crippen LogP contribution >= 0.6 is 0 Å². The third kappa shape index (κ3) is 4.19. The molecule has 0 aromatic rings. The highest BCUT2D eigenvalue weighted by molar-refractivity contribution is 5.96. The van der Waals surface area contributed by atoms with Gasteiger partial charge in [0.15, 0.2) is 5.78 Å². The lowest BCUT2D eigenvalue weighted by molar-refractivity contribution is -0.115. The molecule has 0 atom stereocenters. The Kier molecular flexibility index (Phi) is 5.67. The van der Waals surface area contributed by atoms with E-state index in [9.17, 15) is 4.79 Å². The molecule has 1 fully saturated rings. The van der Waals surface area contributed by atoms with Gasteiger partial charge in [-0.25, -0.2) is 0 Å². The number of hydrogen-bond acceptors (Lipinski definition) is 1. The summed E-state index contributed by atoms with van der Waals surface area (Å²) in [6.07, 6.45) is 10.3. The fraction of sp³-hybridized carbons (Fsp3) is 0.786. The summed E-state index contributed by atoms with van der Waals surface area (Å²) >= 11 is 0. The van der Waals surface area contributed by atoms with Crippen LogP contribution in [0.15, 0.2) is 11.1 Å². The van der Waals surface area contributed by atoms with Crippen molar-refractivity contribution in [2.45, 2.75) is 71.6 Å². The molecule has 0 aromatic heterocycles. The maximum atomic E-state index is 11.8. The van der Waals surface area contributed by atoms with Crippen LogP contribution in [-0.2, 0) is 4.79 Å². The average Bonchev–Trinajstić information content (AvgIpc) is 2.43. The van der Waals surface area contributed by atoms with Gasteiger partial charge in [0.2, 0.25) is 0 Å². The quantitative estimate of drug-likeness (QED) is 0.380. The minimum atomic E-state index is 0.432. The van der Waals surface area contributed by atoms with E-state index in [1.54, 1.807) is 0 Å². The Morgan fingerprint density at radius 2 is 1.87 bits per heavy atom. The molecule has 1 nitrogen and oxygen atoms in total. The molecule has 0 spiro atoms. The van der Waals surface area contributed by atoms with Gasteiger partial charge in [-0.15, -0.1) is 0 Å². The van der Waals surface area contributed by atoms with Crippen molar-refractivity contribution in [3.63, 3.8) is 0 Å². The molecule has 1 saturated carbocycles. The van der Waals surface area contributed by atoms with E-state index in [-0.39, 0.29) is 0 Å². The van der Waals surface area contributed by atoms with Crippen LogP contribution in [0.3, 0.4) is 0 Å². The van der Waals surface area contributed by atoms with Gasteiger partial charge < -0.3 is 0 Å². The Hall–Kier alpha value is -0.590. The molecule has 0 saturated heterocycles. The average molecular weight is 208 g/mol. The van der Waals surface area contributed by atoms with Gasteiger partial charge in [-0.1, -0.05) is 31.8 Å². The molecular weight excluding hydrogens is 184 g/mol. The van der Waals surface area contributed by atoms with Gasteiger partial charge in [0.25, 0.3) is 0 Å². The first kappa shape index (κ1) is 12.5. The molecule has 1 rings (SSSR count). The Morgan fingerprint density at radius 1 is 1.13 bits per heavy atom. The summed E-state index contributed by atoms with van der Waals surface area (Å²) < 4.78 is 0. The van der Waals surface area contributed by atoms with Gasteiger partial charge in [0, 0.05) is 6.42 Å². The molecule has 0 N–H and O–H groups in total.